The standard InChI is InChI=1S/C40H35N/c1-3-12-29(13-4-1)33-16-8-10-20-37(33)41(32-14-5-2-6-15-32)38-21-11-19-36-39(38)34-17-7-9-18-35(34)40(36)30-23-27-22-28(25-30)26-31(40)24-27/h1-21,27-28,30-31H,22-26H2. The van der Waals surface area contributed by atoms with E-state index in [-0.39, 0.29) is 5.41 Å². The zero-order valence-corrected chi connectivity index (χ0v) is 23.4. The van der Waals surface area contributed by atoms with Gasteiger partial charge in [-0.25, -0.2) is 0 Å². The molecule has 0 N–H and O–H groups in total. The van der Waals surface area contributed by atoms with Crippen LogP contribution in [-0.4, -0.2) is 0 Å². The summed E-state index contributed by atoms with van der Waals surface area (Å²) < 4.78 is 0. The Labute approximate surface area is 243 Å². The molecule has 4 fully saturated rings. The van der Waals surface area contributed by atoms with Crippen LogP contribution >= 0.6 is 0 Å². The molecule has 0 heterocycles. The Morgan fingerprint density at radius 1 is 0.463 bits per heavy atom. The number of rotatable bonds is 4. The molecule has 1 spiro atoms. The van der Waals surface area contributed by atoms with Crippen molar-refractivity contribution in [2.75, 3.05) is 4.90 Å². The normalized spacial score (nSPS) is 26.6. The number of anilines is 3. The van der Waals surface area contributed by atoms with Crippen LogP contribution < -0.4 is 4.90 Å². The first kappa shape index (κ1) is 23.6. The summed E-state index contributed by atoms with van der Waals surface area (Å²) in [6.07, 6.45) is 7.11. The quantitative estimate of drug-likeness (QED) is 0.224. The second-order valence-corrected chi connectivity index (χ2v) is 13.0. The lowest BCUT2D eigenvalue weighted by Gasteiger charge is -2.61. The third-order valence-corrected chi connectivity index (χ3v) is 11.0. The van der Waals surface area contributed by atoms with Crippen molar-refractivity contribution in [2.24, 2.45) is 23.7 Å². The zero-order chi connectivity index (χ0) is 27.0. The molecule has 0 atom stereocenters. The van der Waals surface area contributed by atoms with E-state index in [1.54, 1.807) is 11.1 Å². The predicted octanol–water partition coefficient (Wildman–Crippen LogP) is 10.5. The minimum absolute atomic E-state index is 0.163. The van der Waals surface area contributed by atoms with Gasteiger partial charge >= 0.3 is 0 Å². The fourth-order valence-corrected chi connectivity index (χ4v) is 9.88. The Bertz CT molecular complexity index is 1720. The molecule has 5 aromatic rings. The second-order valence-electron chi connectivity index (χ2n) is 13.0. The minimum Gasteiger partial charge on any atom is -0.309 e. The SMILES string of the molecule is c1ccc(-c2ccccc2N(c2ccccc2)c2cccc3c2-c2ccccc2C32C3CC4CC(C3)CC2C4)cc1. The van der Waals surface area contributed by atoms with Gasteiger partial charge in [-0.15, -0.1) is 0 Å². The van der Waals surface area contributed by atoms with Gasteiger partial charge in [0.1, 0.15) is 0 Å². The van der Waals surface area contributed by atoms with Crippen LogP contribution in [0.5, 0.6) is 0 Å². The number of fused-ring (bicyclic) bond motifs is 3. The van der Waals surface area contributed by atoms with Crippen LogP contribution in [0.1, 0.15) is 43.2 Å². The van der Waals surface area contributed by atoms with E-state index in [1.165, 1.54) is 71.4 Å². The third-order valence-electron chi connectivity index (χ3n) is 11.0. The molecule has 0 amide bonds. The molecule has 1 nitrogen and oxygen atoms in total. The highest BCUT2D eigenvalue weighted by Crippen LogP contribution is 2.70. The summed E-state index contributed by atoms with van der Waals surface area (Å²) in [7, 11) is 0. The Balaban J connectivity index is 1.32. The molecule has 5 aliphatic carbocycles. The lowest BCUT2D eigenvalue weighted by molar-refractivity contribution is -0.0399. The van der Waals surface area contributed by atoms with Gasteiger partial charge in [0.15, 0.2) is 0 Å². The van der Waals surface area contributed by atoms with Crippen molar-refractivity contribution in [3.05, 3.63) is 139 Å². The average molecular weight is 530 g/mol. The van der Waals surface area contributed by atoms with Crippen LogP contribution in [0, 0.1) is 23.7 Å². The zero-order valence-electron chi connectivity index (χ0n) is 23.4. The van der Waals surface area contributed by atoms with Crippen molar-refractivity contribution in [3.63, 3.8) is 0 Å². The molecule has 1 heteroatoms. The van der Waals surface area contributed by atoms with Gasteiger partial charge in [0.2, 0.25) is 0 Å². The fourth-order valence-electron chi connectivity index (χ4n) is 9.88. The van der Waals surface area contributed by atoms with Crippen LogP contribution in [0.4, 0.5) is 17.1 Å². The first-order chi connectivity index (χ1) is 20.3. The Morgan fingerprint density at radius 2 is 1.02 bits per heavy atom. The van der Waals surface area contributed by atoms with Gasteiger partial charge in [0, 0.05) is 22.2 Å². The van der Waals surface area contributed by atoms with Crippen LogP contribution in [0.2, 0.25) is 0 Å². The van der Waals surface area contributed by atoms with E-state index in [2.05, 4.69) is 132 Å². The van der Waals surface area contributed by atoms with Gasteiger partial charge in [-0.1, -0.05) is 103 Å². The highest BCUT2D eigenvalue weighted by atomic mass is 15.1. The minimum atomic E-state index is 0.163. The van der Waals surface area contributed by atoms with Gasteiger partial charge in [0.05, 0.1) is 11.4 Å². The molecule has 0 unspecified atom stereocenters. The number of hydrogen-bond acceptors (Lipinski definition) is 1. The summed E-state index contributed by atoms with van der Waals surface area (Å²) in [5, 5.41) is 0. The average Bonchev–Trinajstić information content (AvgIpc) is 3.32. The molecule has 41 heavy (non-hydrogen) atoms. The van der Waals surface area contributed by atoms with Crippen molar-refractivity contribution in [2.45, 2.75) is 37.5 Å². The van der Waals surface area contributed by atoms with Gasteiger partial charge < -0.3 is 4.90 Å². The van der Waals surface area contributed by atoms with Crippen LogP contribution in [0.3, 0.4) is 0 Å². The summed E-state index contributed by atoms with van der Waals surface area (Å²) in [4.78, 5) is 2.53. The number of nitrogens with zero attached hydrogens (tertiary/aromatic N) is 1. The third kappa shape index (κ3) is 3.29. The second kappa shape index (κ2) is 8.95. The van der Waals surface area contributed by atoms with Crippen molar-refractivity contribution in [3.8, 4) is 22.3 Å². The summed E-state index contributed by atoms with van der Waals surface area (Å²) >= 11 is 0. The van der Waals surface area contributed by atoms with E-state index in [1.807, 2.05) is 0 Å². The lowest BCUT2D eigenvalue weighted by Crippen LogP contribution is -2.55. The topological polar surface area (TPSA) is 3.24 Å². The largest absolute Gasteiger partial charge is 0.309 e. The number of hydrogen-bond donors (Lipinski definition) is 0. The molecule has 0 aliphatic heterocycles. The summed E-state index contributed by atoms with van der Waals surface area (Å²) in [6.45, 7) is 0. The summed E-state index contributed by atoms with van der Waals surface area (Å²) in [5.41, 5.74) is 12.5. The van der Waals surface area contributed by atoms with Gasteiger partial charge in [0.25, 0.3) is 0 Å². The van der Waals surface area contributed by atoms with E-state index in [4.69, 9.17) is 0 Å². The fraction of sp³-hybridized carbons (Fsp3) is 0.250. The smallest absolute Gasteiger partial charge is 0.0543 e. The Hall–Kier alpha value is -4.10. The maximum Gasteiger partial charge on any atom is 0.0543 e. The molecule has 0 aromatic heterocycles. The maximum absolute atomic E-state index is 2.53. The van der Waals surface area contributed by atoms with E-state index in [0.717, 1.165) is 23.7 Å². The Morgan fingerprint density at radius 3 is 1.76 bits per heavy atom. The molecule has 4 bridgehead atoms. The maximum atomic E-state index is 2.53. The van der Waals surface area contributed by atoms with Crippen LogP contribution in [0.15, 0.2) is 127 Å². The van der Waals surface area contributed by atoms with Gasteiger partial charge in [-0.2, -0.15) is 0 Å². The summed E-state index contributed by atoms with van der Waals surface area (Å²) in [5.74, 6) is 3.42. The first-order valence-electron chi connectivity index (χ1n) is 15.6. The number of benzene rings is 5. The lowest BCUT2D eigenvalue weighted by atomic mass is 9.43. The van der Waals surface area contributed by atoms with Crippen molar-refractivity contribution in [1.82, 2.24) is 0 Å². The van der Waals surface area contributed by atoms with E-state index in [9.17, 15) is 0 Å². The molecule has 0 radical (unpaired) electrons. The van der Waals surface area contributed by atoms with Crippen molar-refractivity contribution < 1.29 is 0 Å². The highest BCUT2D eigenvalue weighted by molar-refractivity contribution is 5.98. The molecule has 10 rings (SSSR count). The first-order valence-corrected chi connectivity index (χ1v) is 15.6. The van der Waals surface area contributed by atoms with E-state index in [0.29, 0.717) is 0 Å². The highest BCUT2D eigenvalue weighted by Gasteiger charge is 2.61. The van der Waals surface area contributed by atoms with Crippen LogP contribution in [-0.2, 0) is 5.41 Å². The molecule has 0 saturated heterocycles. The molecule has 4 saturated carbocycles. The monoisotopic (exact) mass is 529 g/mol. The molecular formula is C40H35N. The summed E-state index contributed by atoms with van der Waals surface area (Å²) in [6, 6.07) is 47.5. The van der Waals surface area contributed by atoms with Gasteiger partial charge in [-0.3, -0.25) is 0 Å². The van der Waals surface area contributed by atoms with E-state index < -0.39 is 0 Å². The Kier molecular flexibility index (Phi) is 5.15. The predicted molar refractivity (Wildman–Crippen MR) is 170 cm³/mol. The van der Waals surface area contributed by atoms with Crippen molar-refractivity contribution in [1.29, 1.82) is 0 Å². The van der Waals surface area contributed by atoms with Crippen LogP contribution in [0.25, 0.3) is 22.3 Å². The molecule has 5 aliphatic rings. The molecule has 200 valence electrons. The number of para-hydroxylation sites is 2. The van der Waals surface area contributed by atoms with Gasteiger partial charge in [-0.05, 0) is 102 Å². The van der Waals surface area contributed by atoms with Crippen molar-refractivity contribution >= 4 is 17.1 Å². The molecular weight excluding hydrogens is 494 g/mol. The molecule has 5 aromatic carbocycles. The van der Waals surface area contributed by atoms with E-state index >= 15 is 0 Å².